The van der Waals surface area contributed by atoms with Crippen molar-refractivity contribution in [3.05, 3.63) is 58.5 Å². The number of hydrogen-bond donors (Lipinski definition) is 1. The number of amides is 1. The first-order valence-corrected chi connectivity index (χ1v) is 13.0. The Balaban J connectivity index is 1.87. The van der Waals surface area contributed by atoms with Gasteiger partial charge >= 0.3 is 5.97 Å². The third-order valence-electron chi connectivity index (χ3n) is 5.78. The number of esters is 1. The van der Waals surface area contributed by atoms with Gasteiger partial charge in [0.15, 0.2) is 0 Å². The zero-order valence-corrected chi connectivity index (χ0v) is 21.1. The molecule has 1 amide bonds. The zero-order valence-electron chi connectivity index (χ0n) is 20.3. The molecule has 5 nitrogen and oxygen atoms in total. The highest BCUT2D eigenvalue weighted by Gasteiger charge is 2.28. The third kappa shape index (κ3) is 8.94. The minimum absolute atomic E-state index is 0.122. The lowest BCUT2D eigenvalue weighted by atomic mass is 10.0. The highest BCUT2D eigenvalue weighted by Crippen LogP contribution is 2.26. The molecule has 6 heteroatoms. The third-order valence-corrected chi connectivity index (χ3v) is 6.90. The average molecular weight is 474 g/mol. The van der Waals surface area contributed by atoms with Crippen LogP contribution in [-0.2, 0) is 16.0 Å². The van der Waals surface area contributed by atoms with Crippen molar-refractivity contribution in [1.82, 2.24) is 4.90 Å². The standard InChI is InChI=1S/C27H39NO4S/c1-5-7-8-14-24(29)21(6-2)11-10-19-28-22(15-18-26(28)30)12-9-13-23-16-17-25(33-23)27(31)32-20(3)4/h6,10-11,16-17,19-20,22,24,29H,2,5,7-9,12-15,18H2,1,3-4H3/b19-10+,21-11+. The van der Waals surface area contributed by atoms with E-state index in [1.54, 1.807) is 6.08 Å². The van der Waals surface area contributed by atoms with Crippen LogP contribution in [0.3, 0.4) is 0 Å². The smallest absolute Gasteiger partial charge is 0.348 e. The van der Waals surface area contributed by atoms with Crippen molar-refractivity contribution in [2.24, 2.45) is 0 Å². The van der Waals surface area contributed by atoms with E-state index in [9.17, 15) is 14.7 Å². The fourth-order valence-corrected chi connectivity index (χ4v) is 4.91. The molecular formula is C27H39NO4S. The summed E-state index contributed by atoms with van der Waals surface area (Å²) in [6.45, 7) is 9.65. The number of carbonyl (C=O) groups excluding carboxylic acids is 2. The van der Waals surface area contributed by atoms with Crippen LogP contribution in [0.5, 0.6) is 0 Å². The van der Waals surface area contributed by atoms with Crippen molar-refractivity contribution < 1.29 is 19.4 Å². The number of thiophene rings is 1. The molecule has 1 aromatic rings. The number of rotatable bonds is 14. The van der Waals surface area contributed by atoms with Crippen molar-refractivity contribution in [1.29, 1.82) is 0 Å². The Morgan fingerprint density at radius 2 is 2.12 bits per heavy atom. The zero-order chi connectivity index (χ0) is 24.2. The Hall–Kier alpha value is -2.18. The van der Waals surface area contributed by atoms with Gasteiger partial charge in [0.2, 0.25) is 5.91 Å². The maximum atomic E-state index is 12.4. The Kier molecular flexibility index (Phi) is 11.6. The van der Waals surface area contributed by atoms with Gasteiger partial charge in [-0.15, -0.1) is 11.3 Å². The molecule has 2 unspecified atom stereocenters. The van der Waals surface area contributed by atoms with Crippen molar-refractivity contribution in [2.75, 3.05) is 0 Å². The number of aliphatic hydroxyl groups is 1. The molecule has 0 bridgehead atoms. The van der Waals surface area contributed by atoms with E-state index < -0.39 is 6.10 Å². The first-order chi connectivity index (χ1) is 15.8. The van der Waals surface area contributed by atoms with E-state index in [4.69, 9.17) is 4.74 Å². The van der Waals surface area contributed by atoms with Gasteiger partial charge < -0.3 is 14.7 Å². The van der Waals surface area contributed by atoms with Gasteiger partial charge in [0.1, 0.15) is 4.88 Å². The van der Waals surface area contributed by atoms with Crippen LogP contribution < -0.4 is 0 Å². The van der Waals surface area contributed by atoms with Gasteiger partial charge in [-0.3, -0.25) is 4.79 Å². The molecule has 33 heavy (non-hydrogen) atoms. The number of ether oxygens (including phenoxy) is 1. The summed E-state index contributed by atoms with van der Waals surface area (Å²) in [6, 6.07) is 4.01. The van der Waals surface area contributed by atoms with E-state index >= 15 is 0 Å². The molecule has 0 spiro atoms. The van der Waals surface area contributed by atoms with E-state index in [0.717, 1.165) is 61.8 Å². The topological polar surface area (TPSA) is 66.8 Å². The quantitative estimate of drug-likeness (QED) is 0.199. The first kappa shape index (κ1) is 27.1. The maximum Gasteiger partial charge on any atom is 0.348 e. The number of unbranched alkanes of at least 4 members (excludes halogenated alkanes) is 2. The fraction of sp³-hybridized carbons (Fsp3) is 0.556. The van der Waals surface area contributed by atoms with Crippen molar-refractivity contribution >= 4 is 23.2 Å². The summed E-state index contributed by atoms with van der Waals surface area (Å²) in [6.07, 6.45) is 14.7. The molecule has 1 saturated heterocycles. The lowest BCUT2D eigenvalue weighted by Gasteiger charge is -2.20. The molecule has 0 saturated carbocycles. The van der Waals surface area contributed by atoms with Crippen molar-refractivity contribution in [3.8, 4) is 0 Å². The Bertz CT molecular complexity index is 839. The molecule has 0 radical (unpaired) electrons. The van der Waals surface area contributed by atoms with Crippen molar-refractivity contribution in [3.63, 3.8) is 0 Å². The summed E-state index contributed by atoms with van der Waals surface area (Å²) in [7, 11) is 0. The number of likely N-dealkylation sites (tertiary alicyclic amines) is 1. The molecule has 1 N–H and O–H groups in total. The lowest BCUT2D eigenvalue weighted by molar-refractivity contribution is -0.126. The molecule has 2 atom stereocenters. The molecule has 1 aromatic heterocycles. The minimum atomic E-state index is -0.516. The number of aliphatic hydroxyl groups excluding tert-OH is 1. The molecule has 0 aromatic carbocycles. The monoisotopic (exact) mass is 473 g/mol. The highest BCUT2D eigenvalue weighted by atomic mass is 32.1. The van der Waals surface area contributed by atoms with Crippen LogP contribution in [0.15, 0.2) is 48.7 Å². The maximum absolute atomic E-state index is 12.4. The minimum Gasteiger partial charge on any atom is -0.459 e. The second kappa shape index (κ2) is 14.2. The summed E-state index contributed by atoms with van der Waals surface area (Å²) in [5.74, 6) is -0.121. The van der Waals surface area contributed by atoms with Crippen LogP contribution in [0.25, 0.3) is 0 Å². The van der Waals surface area contributed by atoms with Crippen molar-refractivity contribution in [2.45, 2.75) is 96.8 Å². The van der Waals surface area contributed by atoms with E-state index in [0.29, 0.717) is 11.3 Å². The largest absolute Gasteiger partial charge is 0.459 e. The molecule has 0 aliphatic carbocycles. The summed E-state index contributed by atoms with van der Waals surface area (Å²) in [4.78, 5) is 28.0. The number of hydrogen-bond acceptors (Lipinski definition) is 5. The molecule has 2 heterocycles. The van der Waals surface area contributed by atoms with Crippen LogP contribution in [-0.4, -0.2) is 40.1 Å². The number of allylic oxidation sites excluding steroid dienone is 2. The van der Waals surface area contributed by atoms with Gasteiger partial charge in [-0.05, 0) is 69.7 Å². The molecular weight excluding hydrogens is 434 g/mol. The molecule has 1 aliphatic heterocycles. The highest BCUT2D eigenvalue weighted by molar-refractivity contribution is 7.13. The molecule has 2 rings (SSSR count). The fourth-order valence-electron chi connectivity index (χ4n) is 3.97. The van der Waals surface area contributed by atoms with E-state index in [1.807, 2.05) is 49.2 Å². The summed E-state index contributed by atoms with van der Waals surface area (Å²) in [5, 5.41) is 10.4. The number of aryl methyl sites for hydroxylation is 1. The number of carbonyl (C=O) groups is 2. The number of nitrogens with zero attached hydrogens (tertiary/aromatic N) is 1. The summed E-state index contributed by atoms with van der Waals surface area (Å²) in [5.41, 5.74) is 0.787. The molecule has 1 fully saturated rings. The summed E-state index contributed by atoms with van der Waals surface area (Å²) >= 11 is 1.49. The molecule has 1 aliphatic rings. The Morgan fingerprint density at radius 3 is 2.82 bits per heavy atom. The predicted molar refractivity (Wildman–Crippen MR) is 135 cm³/mol. The first-order valence-electron chi connectivity index (χ1n) is 12.1. The van der Waals surface area contributed by atoms with E-state index in [-0.39, 0.29) is 24.0 Å². The second-order valence-electron chi connectivity index (χ2n) is 8.83. The van der Waals surface area contributed by atoms with Crippen LogP contribution >= 0.6 is 11.3 Å². The normalized spacial score (nSPS) is 17.8. The van der Waals surface area contributed by atoms with Crippen LogP contribution in [0.4, 0.5) is 0 Å². The van der Waals surface area contributed by atoms with Gasteiger partial charge in [-0.1, -0.05) is 44.9 Å². The van der Waals surface area contributed by atoms with E-state index in [1.165, 1.54) is 11.3 Å². The van der Waals surface area contributed by atoms with Gasteiger partial charge in [-0.2, -0.15) is 0 Å². The van der Waals surface area contributed by atoms with Gasteiger partial charge in [-0.25, -0.2) is 4.79 Å². The van der Waals surface area contributed by atoms with Crippen LogP contribution in [0, 0.1) is 0 Å². The lowest BCUT2D eigenvalue weighted by Crippen LogP contribution is -2.27. The Labute approximate surface area is 202 Å². The summed E-state index contributed by atoms with van der Waals surface area (Å²) < 4.78 is 5.26. The predicted octanol–water partition coefficient (Wildman–Crippen LogP) is 6.19. The van der Waals surface area contributed by atoms with Crippen LogP contribution in [0.1, 0.15) is 86.7 Å². The SMILES string of the molecule is C=C/C(=C\C=C\N1C(=O)CCC1CCCc1ccc(C(=O)OC(C)C)s1)C(O)CCCCC. The van der Waals surface area contributed by atoms with Gasteiger partial charge in [0, 0.05) is 23.5 Å². The average Bonchev–Trinajstić information content (AvgIpc) is 3.38. The van der Waals surface area contributed by atoms with Crippen LogP contribution in [0.2, 0.25) is 0 Å². The second-order valence-corrected chi connectivity index (χ2v) is 10.00. The van der Waals surface area contributed by atoms with Gasteiger partial charge in [0.25, 0.3) is 0 Å². The van der Waals surface area contributed by atoms with E-state index in [2.05, 4.69) is 13.5 Å². The van der Waals surface area contributed by atoms with Gasteiger partial charge in [0.05, 0.1) is 12.2 Å². The Morgan fingerprint density at radius 1 is 1.33 bits per heavy atom. The molecule has 182 valence electrons.